The van der Waals surface area contributed by atoms with Crippen LogP contribution in [0.25, 0.3) is 10.9 Å². The van der Waals surface area contributed by atoms with Crippen molar-refractivity contribution in [1.82, 2.24) is 20.9 Å². The third kappa shape index (κ3) is 10.2. The maximum Gasteiger partial charge on any atom is 0.326 e. The highest BCUT2D eigenvalue weighted by atomic mass is 16.4. The number of para-hydroxylation sites is 1. The Labute approximate surface area is 232 Å². The van der Waals surface area contributed by atoms with Gasteiger partial charge >= 0.3 is 5.97 Å². The molecule has 0 aliphatic heterocycles. The van der Waals surface area contributed by atoms with Crippen LogP contribution in [0.15, 0.2) is 35.5 Å². The van der Waals surface area contributed by atoms with E-state index in [-0.39, 0.29) is 31.8 Å². The molecule has 1 aromatic carbocycles. The average Bonchev–Trinajstić information content (AvgIpc) is 3.31. The third-order valence-electron chi connectivity index (χ3n) is 6.34. The van der Waals surface area contributed by atoms with Gasteiger partial charge in [-0.25, -0.2) is 4.79 Å². The number of amides is 3. The number of nitrogens with two attached hydrogens (primary N) is 4. The smallest absolute Gasteiger partial charge is 0.326 e. The molecule has 4 atom stereocenters. The number of aliphatic imine (C=N–C) groups is 1. The van der Waals surface area contributed by atoms with Crippen molar-refractivity contribution in [1.29, 1.82) is 0 Å². The van der Waals surface area contributed by atoms with Crippen LogP contribution in [0.2, 0.25) is 0 Å². The second kappa shape index (κ2) is 16.1. The lowest BCUT2D eigenvalue weighted by atomic mass is 10.0. The highest BCUT2D eigenvalue weighted by molar-refractivity contribution is 5.94. The number of rotatable bonds is 17. The fourth-order valence-corrected chi connectivity index (χ4v) is 4.11. The number of carboxylic acid groups (broad SMARTS) is 1. The predicted molar refractivity (Wildman–Crippen MR) is 152 cm³/mol. The molecule has 0 bridgehead atoms. The van der Waals surface area contributed by atoms with Gasteiger partial charge in [0, 0.05) is 23.6 Å². The molecule has 0 saturated heterocycles. The predicted octanol–water partition coefficient (Wildman–Crippen LogP) is -1.22. The number of hydrogen-bond donors (Lipinski definition) is 9. The van der Waals surface area contributed by atoms with Gasteiger partial charge in [0.15, 0.2) is 5.96 Å². The number of carbonyl (C=O) groups excluding carboxylic acids is 3. The minimum atomic E-state index is -1.19. The fourth-order valence-electron chi connectivity index (χ4n) is 4.11. The number of guanidine groups is 1. The first-order valence-corrected chi connectivity index (χ1v) is 13.2. The summed E-state index contributed by atoms with van der Waals surface area (Å²) >= 11 is 0. The van der Waals surface area contributed by atoms with E-state index in [0.717, 1.165) is 16.5 Å². The van der Waals surface area contributed by atoms with Crippen molar-refractivity contribution in [3.63, 3.8) is 0 Å². The number of H-pyrrole nitrogens is 1. The van der Waals surface area contributed by atoms with E-state index in [0.29, 0.717) is 25.8 Å². The van der Waals surface area contributed by atoms with Crippen LogP contribution >= 0.6 is 0 Å². The summed E-state index contributed by atoms with van der Waals surface area (Å²) in [6.45, 7) is 2.07. The quantitative estimate of drug-likeness (QED) is 0.0638. The fraction of sp³-hybridized carbons (Fsp3) is 0.500. The van der Waals surface area contributed by atoms with E-state index in [4.69, 9.17) is 22.9 Å². The Balaban J connectivity index is 2.01. The lowest BCUT2D eigenvalue weighted by Crippen LogP contribution is -2.56. The van der Waals surface area contributed by atoms with Crippen molar-refractivity contribution >= 4 is 40.6 Å². The SMILES string of the molecule is CC(NC(=O)C(N)Cc1c[nH]c2ccccc12)C(=O)NC(CCCN=C(N)N)C(=O)NC(CCCCN)C(=O)O. The van der Waals surface area contributed by atoms with Gasteiger partial charge in [-0.05, 0) is 63.6 Å². The molecule has 0 saturated carbocycles. The molecule has 40 heavy (non-hydrogen) atoms. The highest BCUT2D eigenvalue weighted by Gasteiger charge is 2.28. The molecular formula is C26H41N9O5. The topological polar surface area (TPSA) is 257 Å². The van der Waals surface area contributed by atoms with Crippen molar-refractivity contribution in [2.24, 2.45) is 27.9 Å². The van der Waals surface area contributed by atoms with Crippen LogP contribution in [0, 0.1) is 0 Å². The molecular weight excluding hydrogens is 518 g/mol. The summed E-state index contributed by atoms with van der Waals surface area (Å²) in [5.74, 6) is -3.15. The number of carbonyl (C=O) groups is 4. The number of fused-ring (bicyclic) bond motifs is 1. The van der Waals surface area contributed by atoms with Gasteiger partial charge in [-0.1, -0.05) is 18.2 Å². The van der Waals surface area contributed by atoms with Crippen LogP contribution in [-0.2, 0) is 25.6 Å². The summed E-state index contributed by atoms with van der Waals surface area (Å²) in [6.07, 6.45) is 3.81. The number of unbranched alkanes of at least 4 members (excludes halogenated alkanes) is 1. The molecule has 1 heterocycles. The third-order valence-corrected chi connectivity index (χ3v) is 6.34. The van der Waals surface area contributed by atoms with E-state index >= 15 is 0 Å². The Morgan fingerprint density at radius 3 is 2.30 bits per heavy atom. The molecule has 0 aliphatic carbocycles. The Morgan fingerprint density at radius 1 is 0.950 bits per heavy atom. The second-order valence-electron chi connectivity index (χ2n) is 9.59. The number of nitrogens with one attached hydrogen (secondary N) is 4. The van der Waals surface area contributed by atoms with Crippen molar-refractivity contribution in [3.05, 3.63) is 36.0 Å². The Kier molecular flexibility index (Phi) is 12.9. The van der Waals surface area contributed by atoms with E-state index in [1.807, 2.05) is 24.3 Å². The average molecular weight is 560 g/mol. The van der Waals surface area contributed by atoms with Gasteiger partial charge in [0.05, 0.1) is 6.04 Å². The zero-order chi connectivity index (χ0) is 29.7. The first-order chi connectivity index (χ1) is 19.0. The molecule has 0 radical (unpaired) electrons. The normalized spacial score (nSPS) is 14.0. The van der Waals surface area contributed by atoms with Crippen LogP contribution in [0.1, 0.15) is 44.6 Å². The second-order valence-corrected chi connectivity index (χ2v) is 9.59. The molecule has 13 N–H and O–H groups in total. The number of nitrogens with zero attached hydrogens (tertiary/aromatic N) is 1. The summed E-state index contributed by atoms with van der Waals surface area (Å²) in [4.78, 5) is 57.3. The summed E-state index contributed by atoms with van der Waals surface area (Å²) in [6, 6.07) is 3.46. The number of carboxylic acids is 1. The zero-order valence-electron chi connectivity index (χ0n) is 22.7. The minimum absolute atomic E-state index is 0.115. The monoisotopic (exact) mass is 559 g/mol. The molecule has 2 aromatic rings. The first kappa shape index (κ1) is 32.0. The number of aromatic nitrogens is 1. The molecule has 2 rings (SSSR count). The Morgan fingerprint density at radius 2 is 1.62 bits per heavy atom. The van der Waals surface area contributed by atoms with Crippen molar-refractivity contribution in [2.75, 3.05) is 13.1 Å². The molecule has 0 spiro atoms. The van der Waals surface area contributed by atoms with Crippen LogP contribution < -0.4 is 38.9 Å². The molecule has 220 valence electrons. The van der Waals surface area contributed by atoms with E-state index in [1.54, 1.807) is 6.20 Å². The van der Waals surface area contributed by atoms with Crippen LogP contribution in [0.3, 0.4) is 0 Å². The van der Waals surface area contributed by atoms with Gasteiger partial charge < -0.3 is 49.0 Å². The van der Waals surface area contributed by atoms with Crippen molar-refractivity contribution in [3.8, 4) is 0 Å². The number of hydrogen-bond acceptors (Lipinski definition) is 7. The van der Waals surface area contributed by atoms with Gasteiger partial charge in [0.2, 0.25) is 17.7 Å². The summed E-state index contributed by atoms with van der Waals surface area (Å²) in [5.41, 5.74) is 24.1. The van der Waals surface area contributed by atoms with E-state index in [1.165, 1.54) is 6.92 Å². The summed E-state index contributed by atoms with van der Waals surface area (Å²) in [7, 11) is 0. The number of benzene rings is 1. The standard InChI is InChI=1S/C26H41N9O5/c1-15(33-23(37)18(28)13-16-14-32-19-8-3-2-7-17(16)19)22(36)34-20(10-6-12-31-26(29)30)24(38)35-21(25(39)40)9-4-5-11-27/h2-3,7-8,14-15,18,20-21,32H,4-6,9-13,27-28H2,1H3,(H,33,37)(H,34,36)(H,35,38)(H,39,40)(H4,29,30,31). The van der Waals surface area contributed by atoms with Crippen LogP contribution in [0.5, 0.6) is 0 Å². The molecule has 4 unspecified atom stereocenters. The molecule has 3 amide bonds. The Hall–Kier alpha value is -4.17. The maximum atomic E-state index is 13.0. The molecule has 0 aliphatic rings. The van der Waals surface area contributed by atoms with E-state index in [9.17, 15) is 24.3 Å². The molecule has 0 fully saturated rings. The van der Waals surface area contributed by atoms with Gasteiger partial charge in [0.25, 0.3) is 0 Å². The zero-order valence-corrected chi connectivity index (χ0v) is 22.7. The molecule has 1 aromatic heterocycles. The van der Waals surface area contributed by atoms with Crippen molar-refractivity contribution in [2.45, 2.75) is 69.6 Å². The van der Waals surface area contributed by atoms with Gasteiger partial charge in [0.1, 0.15) is 18.1 Å². The van der Waals surface area contributed by atoms with E-state index < -0.39 is 47.9 Å². The van der Waals surface area contributed by atoms with Gasteiger partial charge in [-0.15, -0.1) is 0 Å². The summed E-state index contributed by atoms with van der Waals surface area (Å²) in [5, 5.41) is 18.1. The molecule has 14 nitrogen and oxygen atoms in total. The highest BCUT2D eigenvalue weighted by Crippen LogP contribution is 2.18. The minimum Gasteiger partial charge on any atom is -0.480 e. The maximum absolute atomic E-state index is 13.0. The van der Waals surface area contributed by atoms with E-state index in [2.05, 4.69) is 25.9 Å². The number of aromatic amines is 1. The molecule has 14 heteroatoms. The van der Waals surface area contributed by atoms with Crippen molar-refractivity contribution < 1.29 is 24.3 Å². The van der Waals surface area contributed by atoms with Gasteiger partial charge in [-0.2, -0.15) is 0 Å². The largest absolute Gasteiger partial charge is 0.480 e. The van der Waals surface area contributed by atoms with Crippen LogP contribution in [0.4, 0.5) is 0 Å². The summed E-state index contributed by atoms with van der Waals surface area (Å²) < 4.78 is 0. The lowest BCUT2D eigenvalue weighted by molar-refractivity contribution is -0.142. The Bertz CT molecular complexity index is 1180. The van der Waals surface area contributed by atoms with Crippen LogP contribution in [-0.4, -0.2) is 77.0 Å². The lowest BCUT2D eigenvalue weighted by Gasteiger charge is -2.24. The number of aliphatic carboxylic acids is 1. The van der Waals surface area contributed by atoms with Gasteiger partial charge in [-0.3, -0.25) is 19.4 Å². The first-order valence-electron chi connectivity index (χ1n) is 13.2.